The van der Waals surface area contributed by atoms with Gasteiger partial charge in [0.15, 0.2) is 26.2 Å². The fraction of sp³-hybridized carbons (Fsp3) is 1.00. The van der Waals surface area contributed by atoms with Crippen LogP contribution in [0, 0.1) is 25.6 Å². The van der Waals surface area contributed by atoms with Crippen LogP contribution in [0.2, 0.25) is 0 Å². The second-order valence-corrected chi connectivity index (χ2v) is 9.73. The molecule has 5 heterocycles. The lowest BCUT2D eigenvalue weighted by atomic mass is 9.52. The maximum atomic E-state index is 12.2. The molecule has 5 rings (SSSR count). The van der Waals surface area contributed by atoms with Gasteiger partial charge in [-0.25, -0.2) is 0 Å². The minimum Gasteiger partial charge on any atom is -0.375 e. The van der Waals surface area contributed by atoms with Crippen LogP contribution in [-0.2, 0) is 4.74 Å². The van der Waals surface area contributed by atoms with E-state index in [4.69, 9.17) is 4.74 Å². The second-order valence-electron chi connectivity index (χ2n) is 9.73. The van der Waals surface area contributed by atoms with Crippen molar-refractivity contribution in [2.24, 2.45) is 5.41 Å². The third-order valence-electron chi connectivity index (χ3n) is 8.15. The number of hydrogen-bond acceptors (Lipinski definition) is 5. The molecule has 0 atom stereocenters. The molecule has 5 aliphatic rings. The van der Waals surface area contributed by atoms with E-state index in [1.165, 1.54) is 0 Å². The Bertz CT molecular complexity index is 609. The van der Waals surface area contributed by atoms with E-state index >= 15 is 0 Å². The predicted octanol–water partition coefficient (Wildman–Crippen LogP) is -1.86. The van der Waals surface area contributed by atoms with E-state index in [1.807, 2.05) is 0 Å². The molecule has 2 N–H and O–H groups in total. The Kier molecular flexibility index (Phi) is 3.08. The number of ether oxygens (including phenoxy) is 1. The van der Waals surface area contributed by atoms with Gasteiger partial charge in [-0.15, -0.1) is 0 Å². The molecule has 140 valence electrons. The zero-order chi connectivity index (χ0) is 18.5. The molecule has 1 spiro atoms. The molecule has 0 saturated carbocycles. The van der Waals surface area contributed by atoms with E-state index < -0.39 is 16.5 Å². The molecule has 0 aromatic heterocycles. The van der Waals surface area contributed by atoms with Gasteiger partial charge in [-0.2, -0.15) is 0 Å². The Hall–Kier alpha value is -1.32. The van der Waals surface area contributed by atoms with E-state index in [0.717, 1.165) is 22.6 Å². The van der Waals surface area contributed by atoms with Crippen LogP contribution in [0.3, 0.4) is 0 Å². The Morgan fingerprint density at radius 2 is 1.32 bits per heavy atom. The first kappa shape index (κ1) is 17.1. The van der Waals surface area contributed by atoms with E-state index in [1.54, 1.807) is 13.8 Å². The zero-order valence-electron chi connectivity index (χ0n) is 15.4. The minimum atomic E-state index is -1.24. The van der Waals surface area contributed by atoms with E-state index in [0.29, 0.717) is 32.8 Å². The van der Waals surface area contributed by atoms with Crippen LogP contribution in [0.4, 0.5) is 0 Å². The van der Waals surface area contributed by atoms with Crippen molar-refractivity contribution < 1.29 is 24.4 Å². The molecule has 25 heavy (non-hydrogen) atoms. The van der Waals surface area contributed by atoms with Crippen LogP contribution in [0.25, 0.3) is 0 Å². The monoisotopic (exact) mass is 356 g/mol. The number of piperidine rings is 2. The fourth-order valence-corrected chi connectivity index (χ4v) is 6.59. The molecule has 5 saturated heterocycles. The average Bonchev–Trinajstić information content (AvgIpc) is 2.44. The van der Waals surface area contributed by atoms with Crippen molar-refractivity contribution in [2.75, 3.05) is 32.8 Å². The van der Waals surface area contributed by atoms with Crippen LogP contribution in [-0.4, -0.2) is 65.0 Å². The van der Waals surface area contributed by atoms with Gasteiger partial charge in [0.05, 0.1) is 25.0 Å². The zero-order valence-corrected chi connectivity index (χ0v) is 15.4. The summed E-state index contributed by atoms with van der Waals surface area (Å²) in [7, 11) is 0. The number of nitrogens with one attached hydrogen (secondary N) is 2. The first-order valence-corrected chi connectivity index (χ1v) is 9.06. The fourth-order valence-electron chi connectivity index (χ4n) is 6.59. The van der Waals surface area contributed by atoms with E-state index in [-0.39, 0.29) is 21.1 Å². The summed E-state index contributed by atoms with van der Waals surface area (Å²) in [6, 6.07) is 0. The molecule has 0 aromatic rings. The first-order valence-electron chi connectivity index (χ1n) is 9.06. The van der Waals surface area contributed by atoms with Gasteiger partial charge in [0.1, 0.15) is 5.41 Å². The third kappa shape index (κ3) is 1.74. The topological polar surface area (TPSA) is 104 Å². The maximum Gasteiger partial charge on any atom is 0.329 e. The predicted molar refractivity (Wildman–Crippen MR) is 86.6 cm³/mol. The van der Waals surface area contributed by atoms with Gasteiger partial charge in [0, 0.05) is 9.85 Å². The SMILES string of the molecule is CC1(C)CC2(CCO1)[NH+]1CC3([N+](=O)[O-])C[NH+]2CC([N+](=O)[O-])(C1)C3(C)C. The highest BCUT2D eigenvalue weighted by atomic mass is 16.6. The van der Waals surface area contributed by atoms with Crippen LogP contribution in [0.1, 0.15) is 40.5 Å². The summed E-state index contributed by atoms with van der Waals surface area (Å²) in [6.45, 7) is 9.72. The molecule has 4 bridgehead atoms. The summed E-state index contributed by atoms with van der Waals surface area (Å²) >= 11 is 0. The lowest BCUT2D eigenvalue weighted by Crippen LogP contribution is -3.51. The van der Waals surface area contributed by atoms with E-state index in [2.05, 4.69) is 13.8 Å². The van der Waals surface area contributed by atoms with Gasteiger partial charge in [-0.1, -0.05) is 0 Å². The molecule has 0 radical (unpaired) electrons. The summed E-state index contributed by atoms with van der Waals surface area (Å²) in [5, 5.41) is 24.3. The van der Waals surface area contributed by atoms with Crippen LogP contribution >= 0.6 is 0 Å². The largest absolute Gasteiger partial charge is 0.375 e. The number of quaternary nitrogens is 2. The van der Waals surface area contributed by atoms with Crippen molar-refractivity contribution in [1.82, 2.24) is 0 Å². The highest BCUT2D eigenvalue weighted by molar-refractivity contribution is 5.13. The summed E-state index contributed by atoms with van der Waals surface area (Å²) in [5.74, 6) is 0. The average molecular weight is 356 g/mol. The maximum absolute atomic E-state index is 12.2. The molecule has 5 fully saturated rings. The van der Waals surface area contributed by atoms with E-state index in [9.17, 15) is 20.2 Å². The van der Waals surface area contributed by atoms with Crippen molar-refractivity contribution in [1.29, 1.82) is 0 Å². The summed E-state index contributed by atoms with van der Waals surface area (Å²) < 4.78 is 5.89. The highest BCUT2D eigenvalue weighted by Crippen LogP contribution is 2.49. The van der Waals surface area contributed by atoms with Crippen molar-refractivity contribution in [2.45, 2.75) is 62.9 Å². The first-order chi connectivity index (χ1) is 11.4. The summed E-state index contributed by atoms with van der Waals surface area (Å²) in [6.07, 6.45) is 1.59. The molecule has 9 heteroatoms. The van der Waals surface area contributed by atoms with Gasteiger partial charge in [0.2, 0.25) is 5.66 Å². The third-order valence-corrected chi connectivity index (χ3v) is 8.15. The number of nitrogens with zero attached hydrogens (tertiary/aromatic N) is 2. The van der Waals surface area contributed by atoms with Crippen molar-refractivity contribution in [3.05, 3.63) is 20.2 Å². The molecule has 5 aliphatic heterocycles. The smallest absolute Gasteiger partial charge is 0.329 e. The number of nitro groups is 2. The van der Waals surface area contributed by atoms with Gasteiger partial charge < -0.3 is 4.74 Å². The van der Waals surface area contributed by atoms with Crippen LogP contribution in [0.15, 0.2) is 0 Å². The molecule has 0 aromatic carbocycles. The molecular weight excluding hydrogens is 328 g/mol. The molecule has 0 unspecified atom stereocenters. The molecule has 9 nitrogen and oxygen atoms in total. The Morgan fingerprint density at radius 1 is 0.880 bits per heavy atom. The number of rotatable bonds is 2. The molecule has 0 amide bonds. The standard InChI is InChI=1S/C16H26N4O5/c1-12(2)7-16(5-6-25-12)17-8-14(19(21)22)9-18(16)11-15(10-17,20(23)24)13(14,3)4/h5-11H2,1-4H3/p+2. The van der Waals surface area contributed by atoms with Crippen molar-refractivity contribution >= 4 is 0 Å². The van der Waals surface area contributed by atoms with Gasteiger partial charge in [0.25, 0.3) is 0 Å². The summed E-state index contributed by atoms with van der Waals surface area (Å²) in [4.78, 5) is 26.0. The van der Waals surface area contributed by atoms with Crippen molar-refractivity contribution in [3.63, 3.8) is 0 Å². The Morgan fingerprint density at radius 3 is 1.68 bits per heavy atom. The Balaban J connectivity index is 1.85. The Labute approximate surface area is 146 Å². The van der Waals surface area contributed by atoms with Crippen LogP contribution in [0.5, 0.6) is 0 Å². The van der Waals surface area contributed by atoms with Gasteiger partial charge in [-0.05, 0) is 27.7 Å². The van der Waals surface area contributed by atoms with Gasteiger partial charge in [-0.3, -0.25) is 30.0 Å². The molecule has 0 aliphatic carbocycles. The van der Waals surface area contributed by atoms with Gasteiger partial charge >= 0.3 is 11.1 Å². The quantitative estimate of drug-likeness (QED) is 0.446. The normalized spacial score (nSPS) is 49.3. The van der Waals surface area contributed by atoms with Crippen molar-refractivity contribution in [3.8, 4) is 0 Å². The lowest BCUT2D eigenvalue weighted by Gasteiger charge is -2.66. The minimum absolute atomic E-state index is 0.197. The lowest BCUT2D eigenvalue weighted by molar-refractivity contribution is -1.23. The second kappa shape index (κ2) is 4.50. The number of hydrogen-bond donors (Lipinski definition) is 2. The highest BCUT2D eigenvalue weighted by Gasteiger charge is 2.89. The van der Waals surface area contributed by atoms with Crippen LogP contribution < -0.4 is 9.80 Å². The summed E-state index contributed by atoms with van der Waals surface area (Å²) in [5.41, 5.74) is -3.95. The molecular formula is C16H28N4O5+2.